The Kier molecular flexibility index (Phi) is 8.77. The zero-order valence-electron chi connectivity index (χ0n) is 19.3. The molecule has 2 fully saturated rings. The van der Waals surface area contributed by atoms with E-state index in [1.54, 1.807) is 6.20 Å². The van der Waals surface area contributed by atoms with E-state index in [-0.39, 0.29) is 24.8 Å². The number of benzene rings is 2. The molecule has 4 nitrogen and oxygen atoms in total. The van der Waals surface area contributed by atoms with Crippen LogP contribution in [0.4, 0.5) is 0 Å². The molecule has 0 N–H and O–H groups in total. The molecule has 5 rings (SSSR count). The third kappa shape index (κ3) is 5.70. The van der Waals surface area contributed by atoms with Crippen LogP contribution in [0.25, 0.3) is 0 Å². The maximum atomic E-state index is 5.99. The van der Waals surface area contributed by atoms with Crippen molar-refractivity contribution in [2.24, 2.45) is 11.8 Å². The smallest absolute Gasteiger partial charge is 0.130 e. The predicted molar refractivity (Wildman–Crippen MR) is 138 cm³/mol. The summed E-state index contributed by atoms with van der Waals surface area (Å²) in [5.74, 6) is 2.37. The van der Waals surface area contributed by atoms with Gasteiger partial charge in [0, 0.05) is 38.4 Å². The number of fused-ring (bicyclic) bond motifs is 1. The first-order valence-electron chi connectivity index (χ1n) is 11.3. The Hall–Kier alpha value is -2.11. The lowest BCUT2D eigenvalue weighted by Crippen LogP contribution is -2.29. The number of likely N-dealkylation sites (tertiary alicyclic amines) is 2. The highest BCUT2D eigenvalue weighted by molar-refractivity contribution is 5.85. The van der Waals surface area contributed by atoms with Gasteiger partial charge in [0.05, 0.1) is 5.69 Å². The molecule has 3 heterocycles. The van der Waals surface area contributed by atoms with Gasteiger partial charge in [-0.15, -0.1) is 24.8 Å². The number of ether oxygens (including phenoxy) is 1. The largest absolute Gasteiger partial charge is 0.487 e. The quantitative estimate of drug-likeness (QED) is 0.457. The van der Waals surface area contributed by atoms with Crippen LogP contribution in [0.1, 0.15) is 28.4 Å². The number of halogens is 2. The van der Waals surface area contributed by atoms with Gasteiger partial charge in [-0.25, -0.2) is 0 Å². The third-order valence-electron chi connectivity index (χ3n) is 6.89. The molecule has 0 amide bonds. The van der Waals surface area contributed by atoms with E-state index >= 15 is 0 Å². The molecule has 0 aliphatic carbocycles. The first-order valence-corrected chi connectivity index (χ1v) is 11.3. The van der Waals surface area contributed by atoms with Crippen LogP contribution >= 0.6 is 24.8 Å². The van der Waals surface area contributed by atoms with Gasteiger partial charge in [0.1, 0.15) is 12.4 Å². The van der Waals surface area contributed by atoms with E-state index in [1.807, 2.05) is 24.3 Å². The molecule has 2 aromatic carbocycles. The average Bonchev–Trinajstić information content (AvgIpc) is 3.29. The van der Waals surface area contributed by atoms with Crippen LogP contribution in [-0.4, -0.2) is 41.5 Å². The van der Waals surface area contributed by atoms with Crippen LogP contribution in [0, 0.1) is 18.8 Å². The predicted octanol–water partition coefficient (Wildman–Crippen LogP) is 5.55. The van der Waals surface area contributed by atoms with E-state index in [0.717, 1.165) is 30.5 Å². The topological polar surface area (TPSA) is 28.6 Å². The highest BCUT2D eigenvalue weighted by Gasteiger charge is 2.46. The van der Waals surface area contributed by atoms with E-state index in [0.29, 0.717) is 18.6 Å². The van der Waals surface area contributed by atoms with Crippen molar-refractivity contribution in [2.45, 2.75) is 26.1 Å². The summed E-state index contributed by atoms with van der Waals surface area (Å²) in [6.45, 7) is 7.26. The standard InChI is InChI=1S/C27H31N3O.2ClH/c1-20-8-3-4-12-25(20)27-26-18-30(17-22(26)16-29(27)2)15-21-9-7-11-24(14-21)31-19-23-10-5-6-13-28-23;;/h3-14,22,26-27H,15-19H2,1-2H3;2*1H/t22-,26+,27+;;/m0../s1. The Bertz CT molecular complexity index is 1030. The first-order chi connectivity index (χ1) is 15.2. The number of hydrogen-bond acceptors (Lipinski definition) is 4. The molecule has 0 bridgehead atoms. The van der Waals surface area contributed by atoms with Gasteiger partial charge >= 0.3 is 0 Å². The molecule has 1 aromatic heterocycles. The minimum Gasteiger partial charge on any atom is -0.487 e. The lowest BCUT2D eigenvalue weighted by molar-refractivity contribution is 0.224. The summed E-state index contributed by atoms with van der Waals surface area (Å²) >= 11 is 0. The molecular formula is C27H33Cl2N3O. The van der Waals surface area contributed by atoms with E-state index in [1.165, 1.54) is 29.8 Å². The molecule has 3 atom stereocenters. The van der Waals surface area contributed by atoms with Crippen LogP contribution in [0.3, 0.4) is 0 Å². The summed E-state index contributed by atoms with van der Waals surface area (Å²) in [6.07, 6.45) is 1.81. The number of nitrogens with zero attached hydrogens (tertiary/aromatic N) is 3. The Morgan fingerprint density at radius 2 is 1.76 bits per heavy atom. The highest BCUT2D eigenvalue weighted by atomic mass is 35.5. The zero-order chi connectivity index (χ0) is 21.2. The van der Waals surface area contributed by atoms with Gasteiger partial charge < -0.3 is 4.74 Å². The normalized spacial score (nSPS) is 22.3. The van der Waals surface area contributed by atoms with Crippen molar-refractivity contribution in [1.82, 2.24) is 14.8 Å². The molecule has 2 aliphatic rings. The van der Waals surface area contributed by atoms with E-state index in [2.05, 4.69) is 71.2 Å². The van der Waals surface area contributed by atoms with Gasteiger partial charge in [0.15, 0.2) is 0 Å². The summed E-state index contributed by atoms with van der Waals surface area (Å²) in [7, 11) is 2.29. The Morgan fingerprint density at radius 3 is 2.55 bits per heavy atom. The number of rotatable bonds is 6. The van der Waals surface area contributed by atoms with E-state index in [4.69, 9.17) is 4.74 Å². The average molecular weight is 486 g/mol. The lowest BCUT2D eigenvalue weighted by Gasteiger charge is -2.28. The minimum absolute atomic E-state index is 0. The second-order valence-corrected chi connectivity index (χ2v) is 9.12. The number of pyridine rings is 1. The second-order valence-electron chi connectivity index (χ2n) is 9.12. The maximum Gasteiger partial charge on any atom is 0.130 e. The molecule has 0 unspecified atom stereocenters. The lowest BCUT2D eigenvalue weighted by atomic mass is 9.88. The van der Waals surface area contributed by atoms with Gasteiger partial charge in [-0.05, 0) is 66.8 Å². The maximum absolute atomic E-state index is 5.99. The van der Waals surface area contributed by atoms with E-state index in [9.17, 15) is 0 Å². The Labute approximate surface area is 209 Å². The molecular weight excluding hydrogens is 453 g/mol. The van der Waals surface area contributed by atoms with E-state index < -0.39 is 0 Å². The van der Waals surface area contributed by atoms with Crippen molar-refractivity contribution in [3.8, 4) is 5.75 Å². The molecule has 2 saturated heterocycles. The van der Waals surface area contributed by atoms with Crippen LogP contribution < -0.4 is 4.74 Å². The fourth-order valence-electron chi connectivity index (χ4n) is 5.50. The van der Waals surface area contributed by atoms with Gasteiger partial charge in [-0.3, -0.25) is 14.8 Å². The zero-order valence-corrected chi connectivity index (χ0v) is 20.9. The van der Waals surface area contributed by atoms with Crippen molar-refractivity contribution < 1.29 is 4.74 Å². The van der Waals surface area contributed by atoms with Gasteiger partial charge in [0.2, 0.25) is 0 Å². The fraction of sp³-hybridized carbons (Fsp3) is 0.370. The number of aryl methyl sites for hydroxylation is 1. The molecule has 0 spiro atoms. The molecule has 33 heavy (non-hydrogen) atoms. The molecule has 6 heteroatoms. The Balaban J connectivity index is 0.00000153. The second kappa shape index (κ2) is 11.3. The van der Waals surface area contributed by atoms with Gasteiger partial charge in [-0.2, -0.15) is 0 Å². The van der Waals surface area contributed by atoms with Crippen LogP contribution in [0.2, 0.25) is 0 Å². The van der Waals surface area contributed by atoms with Crippen molar-refractivity contribution in [2.75, 3.05) is 26.7 Å². The molecule has 2 aliphatic heterocycles. The monoisotopic (exact) mass is 485 g/mol. The fourth-order valence-corrected chi connectivity index (χ4v) is 5.50. The first kappa shape index (κ1) is 25.5. The van der Waals surface area contributed by atoms with Crippen LogP contribution in [-0.2, 0) is 13.2 Å². The van der Waals surface area contributed by atoms with Crippen molar-refractivity contribution >= 4 is 24.8 Å². The molecule has 3 aromatic rings. The van der Waals surface area contributed by atoms with Crippen molar-refractivity contribution in [3.05, 3.63) is 95.3 Å². The SMILES string of the molecule is Cc1ccccc1[C@@H]1[C@@H]2CN(Cc3cccc(OCc4ccccn4)c3)C[C@@H]2CN1C.Cl.Cl. The summed E-state index contributed by atoms with van der Waals surface area (Å²) in [5.41, 5.74) is 5.19. The summed E-state index contributed by atoms with van der Waals surface area (Å²) in [4.78, 5) is 9.54. The molecule has 0 radical (unpaired) electrons. The minimum atomic E-state index is 0. The summed E-state index contributed by atoms with van der Waals surface area (Å²) in [6, 6.07) is 23.9. The summed E-state index contributed by atoms with van der Waals surface area (Å²) < 4.78 is 5.99. The third-order valence-corrected chi connectivity index (χ3v) is 6.89. The van der Waals surface area contributed by atoms with Crippen molar-refractivity contribution in [3.63, 3.8) is 0 Å². The van der Waals surface area contributed by atoms with Gasteiger partial charge in [0.25, 0.3) is 0 Å². The molecule has 176 valence electrons. The number of aromatic nitrogens is 1. The van der Waals surface area contributed by atoms with Gasteiger partial charge in [-0.1, -0.05) is 42.5 Å². The Morgan fingerprint density at radius 1 is 0.939 bits per heavy atom. The molecule has 0 saturated carbocycles. The van der Waals surface area contributed by atoms with Crippen LogP contribution in [0.5, 0.6) is 5.75 Å². The number of hydrogen-bond donors (Lipinski definition) is 0. The van der Waals surface area contributed by atoms with Crippen LogP contribution in [0.15, 0.2) is 72.9 Å². The summed E-state index contributed by atoms with van der Waals surface area (Å²) in [5, 5.41) is 0. The van der Waals surface area contributed by atoms with Crippen molar-refractivity contribution in [1.29, 1.82) is 0 Å². The highest BCUT2D eigenvalue weighted by Crippen LogP contribution is 2.45.